The van der Waals surface area contributed by atoms with Crippen LogP contribution in [0.5, 0.6) is 0 Å². The van der Waals surface area contributed by atoms with Gasteiger partial charge in [0.25, 0.3) is 5.91 Å². The number of rotatable bonds is 7. The molecule has 3 heterocycles. The van der Waals surface area contributed by atoms with Crippen LogP contribution in [0, 0.1) is 0 Å². The maximum Gasteiger partial charge on any atom is 0.265 e. The third-order valence-electron chi connectivity index (χ3n) is 7.43. The molecule has 8 nitrogen and oxygen atoms in total. The van der Waals surface area contributed by atoms with Gasteiger partial charge in [0.15, 0.2) is 5.78 Å². The van der Waals surface area contributed by atoms with Crippen LogP contribution in [-0.2, 0) is 4.79 Å². The summed E-state index contributed by atoms with van der Waals surface area (Å²) in [5, 5.41) is 7.58. The van der Waals surface area contributed by atoms with E-state index in [-0.39, 0.29) is 17.6 Å². The van der Waals surface area contributed by atoms with Gasteiger partial charge in [-0.15, -0.1) is 11.3 Å². The number of benzene rings is 3. The van der Waals surface area contributed by atoms with Gasteiger partial charge in [0, 0.05) is 60.6 Å². The molecule has 9 heteroatoms. The lowest BCUT2D eigenvalue weighted by molar-refractivity contribution is -0.115. The number of amides is 2. The molecular formula is C32H29N5O3S. The zero-order chi connectivity index (χ0) is 28.3. The third kappa shape index (κ3) is 5.82. The number of hydrogen-bond acceptors (Lipinski definition) is 7. The van der Waals surface area contributed by atoms with Crippen LogP contribution in [0.1, 0.15) is 37.1 Å². The Morgan fingerprint density at radius 2 is 1.68 bits per heavy atom. The van der Waals surface area contributed by atoms with Crippen LogP contribution in [0.25, 0.3) is 0 Å². The maximum atomic E-state index is 13.3. The van der Waals surface area contributed by atoms with Gasteiger partial charge < -0.3 is 20.4 Å². The quantitative estimate of drug-likeness (QED) is 0.231. The molecule has 2 amide bonds. The molecule has 6 rings (SSSR count). The fourth-order valence-electron chi connectivity index (χ4n) is 5.02. The fraction of sp³-hybridized carbons (Fsp3) is 0.188. The molecule has 0 bridgehead atoms. The van der Waals surface area contributed by atoms with E-state index in [0.29, 0.717) is 27.4 Å². The van der Waals surface area contributed by atoms with Crippen molar-refractivity contribution in [2.24, 2.45) is 4.99 Å². The lowest BCUT2D eigenvalue weighted by Crippen LogP contribution is -2.44. The van der Waals surface area contributed by atoms with Gasteiger partial charge >= 0.3 is 0 Å². The van der Waals surface area contributed by atoms with Crippen molar-refractivity contribution in [2.75, 3.05) is 48.8 Å². The normalized spacial score (nSPS) is 17.0. The first kappa shape index (κ1) is 26.6. The average molecular weight is 564 g/mol. The molecule has 3 aromatic carbocycles. The van der Waals surface area contributed by atoms with Crippen molar-refractivity contribution in [2.45, 2.75) is 5.92 Å². The second kappa shape index (κ2) is 11.5. The van der Waals surface area contributed by atoms with E-state index in [1.807, 2.05) is 23.6 Å². The molecule has 1 saturated heterocycles. The fourth-order valence-corrected chi connectivity index (χ4v) is 5.64. The first-order chi connectivity index (χ1) is 19.9. The molecule has 1 unspecified atom stereocenters. The van der Waals surface area contributed by atoms with Crippen LogP contribution < -0.4 is 15.5 Å². The molecule has 4 aromatic rings. The highest BCUT2D eigenvalue weighted by atomic mass is 32.1. The van der Waals surface area contributed by atoms with Crippen molar-refractivity contribution in [1.29, 1.82) is 0 Å². The molecule has 0 radical (unpaired) electrons. The van der Waals surface area contributed by atoms with Crippen LogP contribution in [0.4, 0.5) is 22.7 Å². The topological polar surface area (TPSA) is 94.1 Å². The van der Waals surface area contributed by atoms with Gasteiger partial charge in [-0.05, 0) is 90.8 Å². The van der Waals surface area contributed by atoms with Crippen molar-refractivity contribution >= 4 is 57.9 Å². The number of piperazine rings is 1. The van der Waals surface area contributed by atoms with Crippen LogP contribution in [-0.4, -0.2) is 61.9 Å². The lowest BCUT2D eigenvalue weighted by atomic mass is 9.96. The van der Waals surface area contributed by atoms with Gasteiger partial charge in [0.1, 0.15) is 5.92 Å². The summed E-state index contributed by atoms with van der Waals surface area (Å²) in [6, 6.07) is 23.7. The van der Waals surface area contributed by atoms with E-state index in [0.717, 1.165) is 37.4 Å². The summed E-state index contributed by atoms with van der Waals surface area (Å²) < 4.78 is 0. The largest absolute Gasteiger partial charge is 0.369 e. The molecule has 0 aliphatic carbocycles. The number of fused-ring (bicyclic) bond motifs is 1. The Labute approximate surface area is 242 Å². The van der Waals surface area contributed by atoms with E-state index in [4.69, 9.17) is 0 Å². The number of carbonyl (C=O) groups is 3. The van der Waals surface area contributed by atoms with Crippen molar-refractivity contribution in [3.63, 3.8) is 0 Å². The number of nitrogens with one attached hydrogen (secondary N) is 2. The highest BCUT2D eigenvalue weighted by Gasteiger charge is 2.30. The molecule has 2 aliphatic heterocycles. The standard InChI is InChI=1S/C32H29N5O3S/c1-36-14-16-37(17-15-36)25-11-9-23(10-12-25)33-20-27-26-19-22(6-13-28(26)35-31(27)39)30(38)21-4-7-24(8-5-21)34-32(40)29-3-2-18-41-29/h2-13,18-20,27H,14-17H2,1H3,(H,34,40)(H,35,39). The van der Waals surface area contributed by atoms with Gasteiger partial charge in [-0.2, -0.15) is 0 Å². The minimum Gasteiger partial charge on any atom is -0.369 e. The Balaban J connectivity index is 1.14. The SMILES string of the molecule is CN1CCN(c2ccc(N=CC3C(=O)Nc4ccc(C(=O)c5ccc(NC(=O)c6cccs6)cc5)cc43)cc2)CC1. The average Bonchev–Trinajstić information content (AvgIpc) is 3.64. The van der Waals surface area contributed by atoms with Gasteiger partial charge in [-0.3, -0.25) is 19.4 Å². The molecule has 1 fully saturated rings. The number of anilines is 3. The number of hydrogen-bond donors (Lipinski definition) is 2. The minimum absolute atomic E-state index is 0.168. The second-order valence-corrected chi connectivity index (χ2v) is 11.1. The number of thiophene rings is 1. The molecular weight excluding hydrogens is 534 g/mol. The first-order valence-electron chi connectivity index (χ1n) is 13.5. The van der Waals surface area contributed by atoms with Gasteiger partial charge in [-0.25, -0.2) is 0 Å². The van der Waals surface area contributed by atoms with Gasteiger partial charge in [0.2, 0.25) is 5.91 Å². The van der Waals surface area contributed by atoms with Gasteiger partial charge in [0.05, 0.1) is 10.6 Å². The smallest absolute Gasteiger partial charge is 0.265 e. The summed E-state index contributed by atoms with van der Waals surface area (Å²) in [6.07, 6.45) is 1.64. The maximum absolute atomic E-state index is 13.3. The van der Waals surface area contributed by atoms with E-state index in [1.54, 1.807) is 54.7 Å². The highest BCUT2D eigenvalue weighted by Crippen LogP contribution is 2.33. The third-order valence-corrected chi connectivity index (χ3v) is 8.30. The van der Waals surface area contributed by atoms with Crippen molar-refractivity contribution in [3.05, 3.63) is 106 Å². The molecule has 206 valence electrons. The van der Waals surface area contributed by atoms with E-state index >= 15 is 0 Å². The van der Waals surface area contributed by atoms with Crippen molar-refractivity contribution in [3.8, 4) is 0 Å². The number of aliphatic imine (C=N–C) groups is 1. The Morgan fingerprint density at radius 1 is 0.951 bits per heavy atom. The first-order valence-corrected chi connectivity index (χ1v) is 14.3. The summed E-state index contributed by atoms with van der Waals surface area (Å²) in [6.45, 7) is 4.07. The predicted octanol–water partition coefficient (Wildman–Crippen LogP) is 5.42. The Bertz CT molecular complexity index is 1610. The molecule has 0 spiro atoms. The summed E-state index contributed by atoms with van der Waals surface area (Å²) in [7, 11) is 2.14. The molecule has 2 N–H and O–H groups in total. The number of ketones is 1. The molecule has 0 saturated carbocycles. The van der Waals surface area contributed by atoms with E-state index in [2.05, 4.69) is 44.6 Å². The van der Waals surface area contributed by atoms with Crippen LogP contribution in [0.15, 0.2) is 89.2 Å². The van der Waals surface area contributed by atoms with Crippen LogP contribution >= 0.6 is 11.3 Å². The van der Waals surface area contributed by atoms with Crippen molar-refractivity contribution < 1.29 is 14.4 Å². The van der Waals surface area contributed by atoms with Crippen LogP contribution in [0.2, 0.25) is 0 Å². The minimum atomic E-state index is -0.593. The Hall–Kier alpha value is -4.60. The molecule has 2 aliphatic rings. The lowest BCUT2D eigenvalue weighted by Gasteiger charge is -2.34. The number of likely N-dealkylation sites (N-methyl/N-ethyl adjacent to an activating group) is 1. The molecule has 1 atom stereocenters. The van der Waals surface area contributed by atoms with E-state index in [9.17, 15) is 14.4 Å². The number of nitrogens with zero attached hydrogens (tertiary/aromatic N) is 3. The highest BCUT2D eigenvalue weighted by molar-refractivity contribution is 7.12. The summed E-state index contributed by atoms with van der Waals surface area (Å²) in [5.74, 6) is -1.12. The zero-order valence-electron chi connectivity index (χ0n) is 22.5. The second-order valence-electron chi connectivity index (χ2n) is 10.2. The summed E-state index contributed by atoms with van der Waals surface area (Å²) >= 11 is 1.37. The Kier molecular flexibility index (Phi) is 7.45. The monoisotopic (exact) mass is 563 g/mol. The number of carbonyl (C=O) groups excluding carboxylic acids is 3. The zero-order valence-corrected chi connectivity index (χ0v) is 23.4. The summed E-state index contributed by atoms with van der Waals surface area (Å²) in [5.41, 5.74) is 4.91. The van der Waals surface area contributed by atoms with Crippen LogP contribution in [0.3, 0.4) is 0 Å². The molecule has 1 aromatic heterocycles. The van der Waals surface area contributed by atoms with Crippen molar-refractivity contribution in [1.82, 2.24) is 4.90 Å². The predicted molar refractivity (Wildman–Crippen MR) is 164 cm³/mol. The van der Waals surface area contributed by atoms with E-state index < -0.39 is 5.92 Å². The van der Waals surface area contributed by atoms with Gasteiger partial charge in [-0.1, -0.05) is 6.07 Å². The molecule has 41 heavy (non-hydrogen) atoms. The Morgan fingerprint density at radius 3 is 2.39 bits per heavy atom. The van der Waals surface area contributed by atoms with E-state index in [1.165, 1.54) is 17.0 Å². The summed E-state index contributed by atoms with van der Waals surface area (Å²) in [4.78, 5) is 48.2.